The Kier molecular flexibility index (Phi) is 4.14. The van der Waals surface area contributed by atoms with Gasteiger partial charge in [0.1, 0.15) is 0 Å². The van der Waals surface area contributed by atoms with Crippen molar-refractivity contribution in [1.29, 1.82) is 0 Å². The van der Waals surface area contributed by atoms with Gasteiger partial charge in [-0.05, 0) is 48.6 Å². The Morgan fingerprint density at radius 1 is 1.10 bits per heavy atom. The molecule has 0 spiro atoms. The van der Waals surface area contributed by atoms with E-state index in [1.54, 1.807) is 5.56 Å². The highest BCUT2D eigenvalue weighted by Crippen LogP contribution is 2.31. The van der Waals surface area contributed by atoms with Gasteiger partial charge in [0.2, 0.25) is 0 Å². The Morgan fingerprint density at radius 3 is 2.81 bits per heavy atom. The van der Waals surface area contributed by atoms with E-state index in [1.807, 2.05) is 0 Å². The highest BCUT2D eigenvalue weighted by Gasteiger charge is 2.19. The van der Waals surface area contributed by atoms with Crippen molar-refractivity contribution in [2.45, 2.75) is 25.2 Å². The summed E-state index contributed by atoms with van der Waals surface area (Å²) in [5.74, 6) is 0.637. The van der Waals surface area contributed by atoms with E-state index in [1.165, 1.54) is 36.2 Å². The molecule has 0 aromatic heterocycles. The van der Waals surface area contributed by atoms with Gasteiger partial charge in [0.25, 0.3) is 0 Å². The lowest BCUT2D eigenvalue weighted by Crippen LogP contribution is -2.18. The van der Waals surface area contributed by atoms with E-state index < -0.39 is 0 Å². The largest absolute Gasteiger partial charge is 0.384 e. The molecular formula is C19H24N2. The summed E-state index contributed by atoms with van der Waals surface area (Å²) in [6.07, 6.45) is 3.83. The van der Waals surface area contributed by atoms with Gasteiger partial charge < -0.3 is 10.2 Å². The first-order valence-corrected chi connectivity index (χ1v) is 7.83. The van der Waals surface area contributed by atoms with Crippen LogP contribution >= 0.6 is 0 Å². The van der Waals surface area contributed by atoms with Crippen molar-refractivity contribution in [3.8, 4) is 0 Å². The molecule has 0 bridgehead atoms. The van der Waals surface area contributed by atoms with Gasteiger partial charge in [-0.3, -0.25) is 0 Å². The Bertz CT molecular complexity index is 604. The molecular weight excluding hydrogens is 256 g/mol. The SMILES string of the molecule is CN(C)c1cccc(NCC2CCCc3ccccc32)c1. The second-order valence-corrected chi connectivity index (χ2v) is 6.11. The zero-order valence-corrected chi connectivity index (χ0v) is 13.0. The topological polar surface area (TPSA) is 15.3 Å². The number of aryl methyl sites for hydroxylation is 1. The summed E-state index contributed by atoms with van der Waals surface area (Å²) < 4.78 is 0. The number of rotatable bonds is 4. The van der Waals surface area contributed by atoms with Crippen LogP contribution in [0.25, 0.3) is 0 Å². The number of fused-ring (bicyclic) bond motifs is 1. The molecule has 0 fully saturated rings. The third-order valence-corrected chi connectivity index (χ3v) is 4.41. The summed E-state index contributed by atoms with van der Waals surface area (Å²) in [6.45, 7) is 1.02. The van der Waals surface area contributed by atoms with Crippen LogP contribution in [0.2, 0.25) is 0 Å². The van der Waals surface area contributed by atoms with Crippen LogP contribution in [0, 0.1) is 0 Å². The predicted octanol–water partition coefficient (Wildman–Crippen LogP) is 4.28. The minimum atomic E-state index is 0.637. The van der Waals surface area contributed by atoms with Crippen molar-refractivity contribution in [2.24, 2.45) is 0 Å². The fourth-order valence-corrected chi connectivity index (χ4v) is 3.20. The maximum Gasteiger partial charge on any atom is 0.0381 e. The molecule has 0 saturated heterocycles. The second kappa shape index (κ2) is 6.21. The molecule has 2 nitrogen and oxygen atoms in total. The maximum atomic E-state index is 3.62. The summed E-state index contributed by atoms with van der Waals surface area (Å²) in [5.41, 5.74) is 5.53. The van der Waals surface area contributed by atoms with Crippen LogP contribution < -0.4 is 10.2 Å². The Hall–Kier alpha value is -1.96. The standard InChI is InChI=1S/C19H24N2/c1-21(2)18-11-6-10-17(13-18)20-14-16-9-5-8-15-7-3-4-12-19(15)16/h3-4,6-7,10-13,16,20H,5,8-9,14H2,1-2H3. The normalized spacial score (nSPS) is 17.1. The average Bonchev–Trinajstić information content (AvgIpc) is 2.53. The molecule has 1 N–H and O–H groups in total. The van der Waals surface area contributed by atoms with Crippen molar-refractivity contribution in [1.82, 2.24) is 0 Å². The third-order valence-electron chi connectivity index (χ3n) is 4.41. The number of hydrogen-bond acceptors (Lipinski definition) is 2. The van der Waals surface area contributed by atoms with Crippen molar-refractivity contribution < 1.29 is 0 Å². The third kappa shape index (κ3) is 3.21. The molecule has 1 atom stereocenters. The molecule has 3 rings (SSSR count). The summed E-state index contributed by atoms with van der Waals surface area (Å²) in [4.78, 5) is 2.14. The Labute approximate surface area is 127 Å². The fraction of sp³-hybridized carbons (Fsp3) is 0.368. The molecule has 21 heavy (non-hydrogen) atoms. The zero-order valence-electron chi connectivity index (χ0n) is 13.0. The number of hydrogen-bond donors (Lipinski definition) is 1. The highest BCUT2D eigenvalue weighted by molar-refractivity contribution is 5.57. The highest BCUT2D eigenvalue weighted by atomic mass is 15.1. The molecule has 110 valence electrons. The summed E-state index contributed by atoms with van der Waals surface area (Å²) in [6, 6.07) is 17.5. The molecule has 0 amide bonds. The van der Waals surface area contributed by atoms with E-state index in [0.29, 0.717) is 5.92 Å². The first-order valence-electron chi connectivity index (χ1n) is 7.83. The van der Waals surface area contributed by atoms with E-state index in [-0.39, 0.29) is 0 Å². The predicted molar refractivity (Wildman–Crippen MR) is 91.4 cm³/mol. The molecule has 2 aromatic rings. The monoisotopic (exact) mass is 280 g/mol. The number of benzene rings is 2. The van der Waals surface area contributed by atoms with Gasteiger partial charge in [0.05, 0.1) is 0 Å². The van der Waals surface area contributed by atoms with E-state index >= 15 is 0 Å². The minimum absolute atomic E-state index is 0.637. The number of nitrogens with one attached hydrogen (secondary N) is 1. The first-order chi connectivity index (χ1) is 10.2. The Morgan fingerprint density at radius 2 is 1.95 bits per heavy atom. The van der Waals surface area contributed by atoms with Gasteiger partial charge >= 0.3 is 0 Å². The quantitative estimate of drug-likeness (QED) is 0.899. The summed E-state index contributed by atoms with van der Waals surface area (Å²) in [7, 11) is 4.16. The van der Waals surface area contributed by atoms with Gasteiger partial charge in [0, 0.05) is 37.9 Å². The second-order valence-electron chi connectivity index (χ2n) is 6.11. The zero-order chi connectivity index (χ0) is 14.7. The average molecular weight is 280 g/mol. The molecule has 1 aliphatic carbocycles. The number of anilines is 2. The fourth-order valence-electron chi connectivity index (χ4n) is 3.20. The van der Waals surface area contributed by atoms with E-state index in [4.69, 9.17) is 0 Å². The van der Waals surface area contributed by atoms with Gasteiger partial charge in [-0.1, -0.05) is 30.3 Å². The molecule has 0 aliphatic heterocycles. The van der Waals surface area contributed by atoms with Crippen molar-refractivity contribution in [3.05, 3.63) is 59.7 Å². The van der Waals surface area contributed by atoms with Gasteiger partial charge in [-0.2, -0.15) is 0 Å². The van der Waals surface area contributed by atoms with Crippen molar-refractivity contribution >= 4 is 11.4 Å². The van der Waals surface area contributed by atoms with Gasteiger partial charge in [0.15, 0.2) is 0 Å². The minimum Gasteiger partial charge on any atom is -0.384 e. The van der Waals surface area contributed by atoms with Crippen LogP contribution in [0.4, 0.5) is 11.4 Å². The lowest BCUT2D eigenvalue weighted by atomic mass is 9.83. The van der Waals surface area contributed by atoms with E-state index in [2.05, 4.69) is 72.8 Å². The maximum absolute atomic E-state index is 3.62. The van der Waals surface area contributed by atoms with Crippen molar-refractivity contribution in [2.75, 3.05) is 30.9 Å². The van der Waals surface area contributed by atoms with Crippen LogP contribution in [0.3, 0.4) is 0 Å². The van der Waals surface area contributed by atoms with E-state index in [9.17, 15) is 0 Å². The van der Waals surface area contributed by atoms with Crippen LogP contribution in [0.1, 0.15) is 29.9 Å². The van der Waals surface area contributed by atoms with Crippen LogP contribution in [0.15, 0.2) is 48.5 Å². The molecule has 2 aromatic carbocycles. The lowest BCUT2D eigenvalue weighted by molar-refractivity contribution is 0.572. The Balaban J connectivity index is 1.70. The number of nitrogens with zero attached hydrogens (tertiary/aromatic N) is 1. The smallest absolute Gasteiger partial charge is 0.0381 e. The molecule has 0 heterocycles. The van der Waals surface area contributed by atoms with Gasteiger partial charge in [-0.15, -0.1) is 0 Å². The summed E-state index contributed by atoms with van der Waals surface area (Å²) in [5, 5.41) is 3.62. The van der Waals surface area contributed by atoms with Crippen LogP contribution in [-0.4, -0.2) is 20.6 Å². The van der Waals surface area contributed by atoms with Crippen LogP contribution in [0.5, 0.6) is 0 Å². The van der Waals surface area contributed by atoms with Gasteiger partial charge in [-0.25, -0.2) is 0 Å². The van der Waals surface area contributed by atoms with Crippen LogP contribution in [-0.2, 0) is 6.42 Å². The molecule has 0 saturated carbocycles. The summed E-state index contributed by atoms with van der Waals surface area (Å²) >= 11 is 0. The molecule has 2 heteroatoms. The molecule has 0 radical (unpaired) electrons. The molecule has 1 aliphatic rings. The molecule has 1 unspecified atom stereocenters. The van der Waals surface area contributed by atoms with E-state index in [0.717, 1.165) is 6.54 Å². The lowest BCUT2D eigenvalue weighted by Gasteiger charge is -2.26. The van der Waals surface area contributed by atoms with Crippen molar-refractivity contribution in [3.63, 3.8) is 0 Å². The first kappa shape index (κ1) is 14.0.